The molecule has 40 heavy (non-hydrogen) atoms. The van der Waals surface area contributed by atoms with Crippen LogP contribution < -0.4 is 15.5 Å². The third-order valence-corrected chi connectivity index (χ3v) is 7.67. The van der Waals surface area contributed by atoms with Crippen molar-refractivity contribution in [2.24, 2.45) is 5.41 Å². The molecule has 0 spiro atoms. The summed E-state index contributed by atoms with van der Waals surface area (Å²) in [6.45, 7) is 4.10. The molecule has 208 valence electrons. The van der Waals surface area contributed by atoms with Crippen LogP contribution in [0.15, 0.2) is 84.1 Å². The summed E-state index contributed by atoms with van der Waals surface area (Å²) in [5.74, 6) is -0.419. The molecule has 2 aliphatic rings. The highest BCUT2D eigenvalue weighted by Gasteiger charge is 2.42. The highest BCUT2D eigenvalue weighted by Crippen LogP contribution is 2.48. The molecule has 0 bridgehead atoms. The standard InChI is InChI=1S/C31H29ClF3N3O2/c1-30(2)15-24-28(26(39)16-30)29(19-11-13-21(14-12-19)31(33,34)35)38(25-10-6-5-9-23(25)37-24)18-27(40)36-17-20-7-3-4-8-22(20)32/h3-14,29,37H,15-18H2,1-2H3,(H,36,40). The van der Waals surface area contributed by atoms with Gasteiger partial charge in [0.1, 0.15) is 0 Å². The van der Waals surface area contributed by atoms with Gasteiger partial charge in [-0.1, -0.05) is 67.9 Å². The number of halogens is 4. The highest BCUT2D eigenvalue weighted by molar-refractivity contribution is 6.31. The van der Waals surface area contributed by atoms with E-state index < -0.39 is 17.8 Å². The number of alkyl halides is 3. The summed E-state index contributed by atoms with van der Waals surface area (Å²) in [5, 5.41) is 6.87. The average Bonchev–Trinajstić information content (AvgIpc) is 3.01. The van der Waals surface area contributed by atoms with E-state index in [1.807, 2.05) is 50.2 Å². The molecule has 0 fully saturated rings. The molecule has 0 saturated heterocycles. The van der Waals surface area contributed by atoms with Crippen LogP contribution in [0.4, 0.5) is 24.5 Å². The van der Waals surface area contributed by atoms with E-state index in [4.69, 9.17) is 11.6 Å². The van der Waals surface area contributed by atoms with Crippen LogP contribution in [0.25, 0.3) is 0 Å². The molecule has 5 nitrogen and oxygen atoms in total. The topological polar surface area (TPSA) is 61.4 Å². The fourth-order valence-electron chi connectivity index (χ4n) is 5.47. The van der Waals surface area contributed by atoms with Gasteiger partial charge >= 0.3 is 6.18 Å². The number of Topliss-reactive ketones (excluding diaryl/α,β-unsaturated/α-hetero) is 1. The molecule has 1 amide bonds. The molecule has 0 radical (unpaired) electrons. The summed E-state index contributed by atoms with van der Waals surface area (Å²) in [6.07, 6.45) is -3.64. The lowest BCUT2D eigenvalue weighted by Crippen LogP contribution is -2.42. The van der Waals surface area contributed by atoms with Gasteiger partial charge in [-0.25, -0.2) is 0 Å². The lowest BCUT2D eigenvalue weighted by atomic mass is 9.73. The largest absolute Gasteiger partial charge is 0.416 e. The van der Waals surface area contributed by atoms with Crippen LogP contribution in [0.2, 0.25) is 5.02 Å². The van der Waals surface area contributed by atoms with Gasteiger partial charge in [-0.2, -0.15) is 13.2 Å². The van der Waals surface area contributed by atoms with Crippen LogP contribution in [0.5, 0.6) is 0 Å². The number of benzene rings is 3. The molecule has 0 aromatic heterocycles. The summed E-state index contributed by atoms with van der Waals surface area (Å²) in [5.41, 5.74) is 2.73. The lowest BCUT2D eigenvalue weighted by Gasteiger charge is -2.38. The Labute approximate surface area is 236 Å². The Kier molecular flexibility index (Phi) is 7.40. The molecule has 1 aliphatic heterocycles. The van der Waals surface area contributed by atoms with Crippen molar-refractivity contribution in [3.8, 4) is 0 Å². The predicted octanol–water partition coefficient (Wildman–Crippen LogP) is 7.29. The van der Waals surface area contributed by atoms with Gasteiger partial charge in [0.05, 0.1) is 29.5 Å². The summed E-state index contributed by atoms with van der Waals surface area (Å²) < 4.78 is 40.2. The first kappa shape index (κ1) is 27.8. The van der Waals surface area contributed by atoms with E-state index in [-0.39, 0.29) is 36.6 Å². The number of nitrogens with zero attached hydrogens (tertiary/aromatic N) is 1. The maximum atomic E-state index is 13.7. The van der Waals surface area contributed by atoms with Crippen molar-refractivity contribution >= 4 is 34.7 Å². The number of carbonyl (C=O) groups is 2. The quantitative estimate of drug-likeness (QED) is 0.340. The maximum absolute atomic E-state index is 13.7. The Morgan fingerprint density at radius 3 is 2.40 bits per heavy atom. The van der Waals surface area contributed by atoms with E-state index in [0.29, 0.717) is 34.0 Å². The number of para-hydroxylation sites is 2. The summed E-state index contributed by atoms with van der Waals surface area (Å²) in [6, 6.07) is 18.6. The van der Waals surface area contributed by atoms with Crippen molar-refractivity contribution in [1.82, 2.24) is 5.32 Å². The molecule has 0 saturated carbocycles. The van der Waals surface area contributed by atoms with Crippen LogP contribution in [-0.2, 0) is 22.3 Å². The number of hydrogen-bond acceptors (Lipinski definition) is 4. The molecule has 1 heterocycles. The predicted molar refractivity (Wildman–Crippen MR) is 150 cm³/mol. The third kappa shape index (κ3) is 5.72. The molecule has 1 unspecified atom stereocenters. The molecular weight excluding hydrogens is 539 g/mol. The van der Waals surface area contributed by atoms with E-state index in [2.05, 4.69) is 10.6 Å². The van der Waals surface area contributed by atoms with E-state index in [1.165, 1.54) is 12.1 Å². The summed E-state index contributed by atoms with van der Waals surface area (Å²) in [7, 11) is 0. The average molecular weight is 568 g/mol. The number of hydrogen-bond donors (Lipinski definition) is 2. The smallest absolute Gasteiger partial charge is 0.357 e. The zero-order valence-corrected chi connectivity index (χ0v) is 22.9. The molecule has 1 atom stereocenters. The van der Waals surface area contributed by atoms with Gasteiger partial charge in [0, 0.05) is 29.3 Å². The van der Waals surface area contributed by atoms with Gasteiger partial charge in [0.25, 0.3) is 0 Å². The van der Waals surface area contributed by atoms with Crippen molar-refractivity contribution < 1.29 is 22.8 Å². The van der Waals surface area contributed by atoms with Gasteiger partial charge in [-0.3, -0.25) is 9.59 Å². The number of fused-ring (bicyclic) bond motifs is 1. The Hall–Kier alpha value is -3.78. The summed E-state index contributed by atoms with van der Waals surface area (Å²) >= 11 is 6.26. The minimum atomic E-state index is -4.50. The van der Waals surface area contributed by atoms with Gasteiger partial charge in [0.2, 0.25) is 5.91 Å². The summed E-state index contributed by atoms with van der Waals surface area (Å²) in [4.78, 5) is 28.9. The number of rotatable bonds is 5. The first-order chi connectivity index (χ1) is 18.9. The fraction of sp³-hybridized carbons (Fsp3) is 0.290. The van der Waals surface area contributed by atoms with Gasteiger partial charge in [0.15, 0.2) is 5.78 Å². The Balaban J connectivity index is 1.59. The Bertz CT molecular complexity index is 1480. The highest BCUT2D eigenvalue weighted by atomic mass is 35.5. The number of ketones is 1. The van der Waals surface area contributed by atoms with Crippen molar-refractivity contribution in [3.63, 3.8) is 0 Å². The van der Waals surface area contributed by atoms with E-state index in [9.17, 15) is 22.8 Å². The van der Waals surface area contributed by atoms with E-state index >= 15 is 0 Å². The number of amides is 1. The second-order valence-electron chi connectivity index (χ2n) is 11.0. The van der Waals surface area contributed by atoms with Crippen molar-refractivity contribution in [2.45, 2.75) is 45.5 Å². The Morgan fingerprint density at radius 1 is 1.02 bits per heavy atom. The van der Waals surface area contributed by atoms with Crippen molar-refractivity contribution in [3.05, 3.63) is 106 Å². The molecular formula is C31H29ClF3N3O2. The number of carbonyl (C=O) groups excluding carboxylic acids is 2. The minimum absolute atomic E-state index is 0.0991. The minimum Gasteiger partial charge on any atom is -0.357 e. The molecule has 5 rings (SSSR count). The Morgan fingerprint density at radius 2 is 1.70 bits per heavy atom. The molecule has 3 aromatic carbocycles. The lowest BCUT2D eigenvalue weighted by molar-refractivity contribution is -0.137. The number of nitrogens with one attached hydrogen (secondary N) is 2. The van der Waals surface area contributed by atoms with Gasteiger partial charge in [-0.15, -0.1) is 0 Å². The van der Waals surface area contributed by atoms with Crippen LogP contribution in [-0.4, -0.2) is 18.2 Å². The zero-order chi connectivity index (χ0) is 28.7. The molecule has 1 aliphatic carbocycles. The zero-order valence-electron chi connectivity index (χ0n) is 22.1. The monoisotopic (exact) mass is 567 g/mol. The van der Waals surface area contributed by atoms with Crippen molar-refractivity contribution in [1.29, 1.82) is 0 Å². The fourth-order valence-corrected chi connectivity index (χ4v) is 5.68. The first-order valence-electron chi connectivity index (χ1n) is 13.0. The molecule has 9 heteroatoms. The first-order valence-corrected chi connectivity index (χ1v) is 13.4. The van der Waals surface area contributed by atoms with Crippen LogP contribution >= 0.6 is 11.6 Å². The van der Waals surface area contributed by atoms with Crippen molar-refractivity contribution in [2.75, 3.05) is 16.8 Å². The second-order valence-corrected chi connectivity index (χ2v) is 11.4. The number of anilines is 2. The number of allylic oxidation sites excluding steroid dienone is 1. The van der Waals surface area contributed by atoms with E-state index in [0.717, 1.165) is 23.4 Å². The molecule has 2 N–H and O–H groups in total. The SMILES string of the molecule is CC1(C)CC(=O)C2=C(C1)Nc1ccccc1N(CC(=O)NCc1ccccc1Cl)C2c1ccc(C(F)(F)F)cc1. The van der Waals surface area contributed by atoms with Crippen LogP contribution in [0.1, 0.15) is 49.4 Å². The van der Waals surface area contributed by atoms with Crippen LogP contribution in [0.3, 0.4) is 0 Å². The normalized spacial score (nSPS) is 18.4. The third-order valence-electron chi connectivity index (χ3n) is 7.31. The van der Waals surface area contributed by atoms with E-state index in [1.54, 1.807) is 17.0 Å². The second kappa shape index (κ2) is 10.7. The van der Waals surface area contributed by atoms with Gasteiger partial charge in [-0.05, 0) is 53.3 Å². The maximum Gasteiger partial charge on any atom is 0.416 e. The van der Waals surface area contributed by atoms with Gasteiger partial charge < -0.3 is 15.5 Å². The molecule has 3 aromatic rings. The van der Waals surface area contributed by atoms with Crippen LogP contribution in [0, 0.1) is 5.41 Å².